The van der Waals surface area contributed by atoms with Crippen molar-refractivity contribution >= 4 is 11.4 Å². The predicted molar refractivity (Wildman–Crippen MR) is 58.2 cm³/mol. The summed E-state index contributed by atoms with van der Waals surface area (Å²) in [5.41, 5.74) is 1.60. The maximum absolute atomic E-state index is 11.8. The number of nitrogens with one attached hydrogen (secondary N) is 1. The minimum Gasteiger partial charge on any atom is -0.315 e. The number of rotatable bonds is 1. The van der Waals surface area contributed by atoms with Crippen molar-refractivity contribution in [2.45, 2.75) is 12.3 Å². The summed E-state index contributed by atoms with van der Waals surface area (Å²) >= 11 is 0. The number of nitrogens with zero attached hydrogens (tertiary/aromatic N) is 3. The first-order chi connectivity index (χ1) is 7.84. The molecule has 2 aromatic rings. The Morgan fingerprint density at radius 3 is 3.25 bits per heavy atom. The second-order valence-electron chi connectivity index (χ2n) is 3.97. The Hall–Kier alpha value is -1.75. The maximum Gasteiger partial charge on any atom is 0.153 e. The number of carbonyl (C=O) groups is 1. The van der Waals surface area contributed by atoms with E-state index in [1.54, 1.807) is 10.7 Å². The van der Waals surface area contributed by atoms with E-state index in [1.807, 2.05) is 18.3 Å². The quantitative estimate of drug-likeness (QED) is 0.748. The van der Waals surface area contributed by atoms with E-state index in [0.29, 0.717) is 13.0 Å². The molecule has 2 aromatic heterocycles. The van der Waals surface area contributed by atoms with E-state index in [-0.39, 0.29) is 11.7 Å². The number of ketones is 1. The third-order valence-corrected chi connectivity index (χ3v) is 2.90. The molecular formula is C11H12N4O. The highest BCUT2D eigenvalue weighted by Gasteiger charge is 2.25. The first-order valence-electron chi connectivity index (χ1n) is 5.38. The van der Waals surface area contributed by atoms with Crippen molar-refractivity contribution < 1.29 is 4.79 Å². The fourth-order valence-electron chi connectivity index (χ4n) is 2.03. The molecule has 0 spiro atoms. The Kier molecular flexibility index (Phi) is 2.18. The third kappa shape index (κ3) is 1.49. The molecule has 3 heterocycles. The smallest absolute Gasteiger partial charge is 0.153 e. The lowest BCUT2D eigenvalue weighted by atomic mass is 9.95. The Bertz CT molecular complexity index is 501. The van der Waals surface area contributed by atoms with Gasteiger partial charge < -0.3 is 5.32 Å². The van der Waals surface area contributed by atoms with Gasteiger partial charge in [-0.05, 0) is 12.1 Å². The third-order valence-electron chi connectivity index (χ3n) is 2.90. The van der Waals surface area contributed by atoms with Crippen LogP contribution < -0.4 is 5.32 Å². The van der Waals surface area contributed by atoms with E-state index in [0.717, 1.165) is 17.9 Å². The zero-order chi connectivity index (χ0) is 11.0. The van der Waals surface area contributed by atoms with E-state index >= 15 is 0 Å². The van der Waals surface area contributed by atoms with Crippen LogP contribution in [0.25, 0.3) is 5.65 Å². The normalized spacial score (nSPS) is 21.5. The molecule has 1 atom stereocenters. The molecule has 1 N–H and O–H groups in total. The van der Waals surface area contributed by atoms with E-state index in [1.165, 1.54) is 0 Å². The first kappa shape index (κ1) is 9.47. The van der Waals surface area contributed by atoms with Gasteiger partial charge in [-0.3, -0.25) is 4.79 Å². The van der Waals surface area contributed by atoms with Gasteiger partial charge in [0.25, 0.3) is 0 Å². The summed E-state index contributed by atoms with van der Waals surface area (Å²) in [5, 5.41) is 7.36. The molecule has 1 unspecified atom stereocenters. The Balaban J connectivity index is 2.01. The predicted octanol–water partition coefficient (Wildman–Crippen LogP) is 0.375. The summed E-state index contributed by atoms with van der Waals surface area (Å²) in [6.07, 6.45) is 4.14. The average molecular weight is 216 g/mol. The molecule has 0 bridgehead atoms. The molecule has 3 rings (SSSR count). The first-order valence-corrected chi connectivity index (χ1v) is 5.38. The number of piperidine rings is 1. The minimum atomic E-state index is -0.115. The molecule has 0 aromatic carbocycles. The highest BCUT2D eigenvalue weighted by molar-refractivity contribution is 5.86. The van der Waals surface area contributed by atoms with Crippen LogP contribution in [0.15, 0.2) is 24.5 Å². The second kappa shape index (κ2) is 3.68. The van der Waals surface area contributed by atoms with Crippen molar-refractivity contribution in [3.8, 4) is 0 Å². The average Bonchev–Trinajstić information content (AvgIpc) is 2.73. The molecule has 1 saturated heterocycles. The highest BCUT2D eigenvalue weighted by atomic mass is 16.1. The van der Waals surface area contributed by atoms with Crippen LogP contribution in [0, 0.1) is 0 Å². The SMILES string of the molecule is O=C1CCNCC1c1cn2ncccc2n1. The molecule has 1 aliphatic heterocycles. The molecule has 5 heteroatoms. The van der Waals surface area contributed by atoms with Crippen molar-refractivity contribution in [3.05, 3.63) is 30.2 Å². The zero-order valence-corrected chi connectivity index (χ0v) is 8.76. The number of Topliss-reactive ketones (excluding diaryl/α,β-unsaturated/α-hetero) is 1. The number of hydrogen-bond acceptors (Lipinski definition) is 4. The van der Waals surface area contributed by atoms with Crippen LogP contribution in [0.5, 0.6) is 0 Å². The number of aromatic nitrogens is 3. The van der Waals surface area contributed by atoms with Gasteiger partial charge >= 0.3 is 0 Å². The fourth-order valence-corrected chi connectivity index (χ4v) is 2.03. The summed E-state index contributed by atoms with van der Waals surface area (Å²) in [6.45, 7) is 1.46. The molecule has 1 fully saturated rings. The van der Waals surface area contributed by atoms with Gasteiger partial charge in [0.15, 0.2) is 5.65 Å². The molecule has 0 saturated carbocycles. The molecule has 0 aliphatic carbocycles. The van der Waals surface area contributed by atoms with Gasteiger partial charge in [-0.15, -0.1) is 0 Å². The Morgan fingerprint density at radius 1 is 1.50 bits per heavy atom. The number of imidazole rings is 1. The Labute approximate surface area is 92.5 Å². The lowest BCUT2D eigenvalue weighted by molar-refractivity contribution is -0.121. The van der Waals surface area contributed by atoms with Crippen molar-refractivity contribution in [1.82, 2.24) is 19.9 Å². The monoisotopic (exact) mass is 216 g/mol. The summed E-state index contributed by atoms with van der Waals surface area (Å²) in [5.74, 6) is 0.151. The van der Waals surface area contributed by atoms with Gasteiger partial charge in [0, 0.05) is 25.7 Å². The Morgan fingerprint density at radius 2 is 2.44 bits per heavy atom. The van der Waals surface area contributed by atoms with Gasteiger partial charge in [-0.1, -0.05) is 0 Å². The topological polar surface area (TPSA) is 59.3 Å². The molecule has 1 aliphatic rings. The fraction of sp³-hybridized carbons (Fsp3) is 0.364. The van der Waals surface area contributed by atoms with Crippen LogP contribution >= 0.6 is 0 Å². The molecule has 0 radical (unpaired) electrons. The summed E-state index contributed by atoms with van der Waals surface area (Å²) < 4.78 is 1.71. The standard InChI is InChI=1S/C11H12N4O/c16-10-3-5-12-6-8(10)9-7-15-11(14-9)2-1-4-13-15/h1-2,4,7-8,12H,3,5-6H2. The lowest BCUT2D eigenvalue weighted by Crippen LogP contribution is -2.35. The van der Waals surface area contributed by atoms with Gasteiger partial charge in [0.1, 0.15) is 5.78 Å². The second-order valence-corrected chi connectivity index (χ2v) is 3.97. The van der Waals surface area contributed by atoms with Gasteiger partial charge in [-0.25, -0.2) is 9.50 Å². The highest BCUT2D eigenvalue weighted by Crippen LogP contribution is 2.19. The minimum absolute atomic E-state index is 0.115. The van der Waals surface area contributed by atoms with Crippen LogP contribution in [-0.2, 0) is 4.79 Å². The van der Waals surface area contributed by atoms with Crippen molar-refractivity contribution in [3.63, 3.8) is 0 Å². The molecule has 0 amide bonds. The van der Waals surface area contributed by atoms with Crippen molar-refractivity contribution in [2.24, 2.45) is 0 Å². The molecule has 82 valence electrons. The van der Waals surface area contributed by atoms with Crippen LogP contribution in [0.1, 0.15) is 18.0 Å². The zero-order valence-electron chi connectivity index (χ0n) is 8.76. The van der Waals surface area contributed by atoms with Crippen LogP contribution in [0.4, 0.5) is 0 Å². The van der Waals surface area contributed by atoms with E-state index in [2.05, 4.69) is 15.4 Å². The van der Waals surface area contributed by atoms with E-state index in [9.17, 15) is 4.79 Å². The lowest BCUT2D eigenvalue weighted by Gasteiger charge is -2.19. The van der Waals surface area contributed by atoms with Crippen LogP contribution in [-0.4, -0.2) is 33.5 Å². The molecular weight excluding hydrogens is 204 g/mol. The van der Waals surface area contributed by atoms with Crippen LogP contribution in [0.2, 0.25) is 0 Å². The van der Waals surface area contributed by atoms with Crippen LogP contribution in [0.3, 0.4) is 0 Å². The van der Waals surface area contributed by atoms with Crippen molar-refractivity contribution in [2.75, 3.05) is 13.1 Å². The van der Waals surface area contributed by atoms with E-state index < -0.39 is 0 Å². The number of fused-ring (bicyclic) bond motifs is 1. The number of hydrogen-bond donors (Lipinski definition) is 1. The van der Waals surface area contributed by atoms with Gasteiger partial charge in [0.2, 0.25) is 0 Å². The van der Waals surface area contributed by atoms with Gasteiger partial charge in [-0.2, -0.15) is 5.10 Å². The van der Waals surface area contributed by atoms with Crippen molar-refractivity contribution in [1.29, 1.82) is 0 Å². The maximum atomic E-state index is 11.8. The largest absolute Gasteiger partial charge is 0.315 e. The molecule has 16 heavy (non-hydrogen) atoms. The summed E-state index contributed by atoms with van der Waals surface area (Å²) in [6, 6.07) is 3.73. The number of carbonyl (C=O) groups excluding carboxylic acids is 1. The summed E-state index contributed by atoms with van der Waals surface area (Å²) in [4.78, 5) is 16.2. The summed E-state index contributed by atoms with van der Waals surface area (Å²) in [7, 11) is 0. The molecule has 5 nitrogen and oxygen atoms in total. The van der Waals surface area contributed by atoms with Gasteiger partial charge in [0.05, 0.1) is 17.8 Å². The van der Waals surface area contributed by atoms with E-state index in [4.69, 9.17) is 0 Å².